The predicted octanol–water partition coefficient (Wildman–Crippen LogP) is 5.06. The monoisotopic (exact) mass is 397 g/mol. The summed E-state index contributed by atoms with van der Waals surface area (Å²) in [5.41, 5.74) is 0. The Kier molecular flexibility index (Phi) is 6.06. The molecule has 3 aromatic rings. The summed E-state index contributed by atoms with van der Waals surface area (Å²) >= 11 is 8.04. The molecule has 0 bridgehead atoms. The van der Waals surface area contributed by atoms with Gasteiger partial charge in [0.2, 0.25) is 0 Å². The number of hydrogen-bond donors (Lipinski definition) is 1. The first-order chi connectivity index (χ1) is 12.9. The van der Waals surface area contributed by atoms with Gasteiger partial charge in [-0.3, -0.25) is 0 Å². The van der Waals surface area contributed by atoms with E-state index in [1.54, 1.807) is 0 Å². The first kappa shape index (κ1) is 20.1. The van der Waals surface area contributed by atoms with Crippen LogP contribution in [0, 0.1) is 0 Å². The molecule has 1 atom stereocenters. The van der Waals surface area contributed by atoms with Crippen molar-refractivity contribution in [2.45, 2.75) is 32.9 Å². The molecule has 3 aromatic carbocycles. The van der Waals surface area contributed by atoms with Crippen molar-refractivity contribution >= 4 is 33.1 Å². The summed E-state index contributed by atoms with van der Waals surface area (Å²) in [5.74, 6) is -3.16. The molecule has 0 saturated heterocycles. The Morgan fingerprint density at radius 3 is 1.30 bits per heavy atom. The van der Waals surface area contributed by atoms with Crippen LogP contribution in [0.3, 0.4) is 0 Å². The van der Waals surface area contributed by atoms with E-state index in [9.17, 15) is 0 Å². The van der Waals surface area contributed by atoms with Crippen LogP contribution in [0.1, 0.15) is 20.8 Å². The minimum atomic E-state index is -3.16. The van der Waals surface area contributed by atoms with E-state index in [-0.39, 0.29) is 6.04 Å². The Morgan fingerprint density at radius 2 is 1.00 bits per heavy atom. The Balaban J connectivity index is 2.32. The van der Waals surface area contributed by atoms with Crippen molar-refractivity contribution in [2.24, 2.45) is 0 Å². The maximum absolute atomic E-state index is 8.04. The van der Waals surface area contributed by atoms with E-state index in [1.165, 1.54) is 15.9 Å². The molecular weight excluding hydrogens is 369 g/mol. The SMILES string of the molecule is CC(C)NC(C)CP(Cl)(c1ccccc1)(c1ccccc1)c1ccccc1. The van der Waals surface area contributed by atoms with Crippen LogP contribution in [0.4, 0.5) is 0 Å². The molecule has 0 aromatic heterocycles. The zero-order valence-corrected chi connectivity index (χ0v) is 18.0. The third-order valence-corrected chi connectivity index (χ3v) is 12.6. The van der Waals surface area contributed by atoms with Gasteiger partial charge < -0.3 is 0 Å². The van der Waals surface area contributed by atoms with Crippen LogP contribution in [-0.4, -0.2) is 18.2 Å². The van der Waals surface area contributed by atoms with E-state index < -0.39 is 5.96 Å². The Morgan fingerprint density at radius 1 is 0.667 bits per heavy atom. The van der Waals surface area contributed by atoms with Crippen LogP contribution in [0.15, 0.2) is 91.0 Å². The molecule has 0 amide bonds. The predicted molar refractivity (Wildman–Crippen MR) is 124 cm³/mol. The average molecular weight is 398 g/mol. The van der Waals surface area contributed by atoms with Gasteiger partial charge >= 0.3 is 168 Å². The zero-order valence-electron chi connectivity index (χ0n) is 16.3. The summed E-state index contributed by atoms with van der Waals surface area (Å²) in [7, 11) is 0. The van der Waals surface area contributed by atoms with Crippen LogP contribution in [-0.2, 0) is 0 Å². The van der Waals surface area contributed by atoms with Gasteiger partial charge in [-0.15, -0.1) is 0 Å². The summed E-state index contributed by atoms with van der Waals surface area (Å²) in [4.78, 5) is 0. The molecule has 0 saturated carbocycles. The van der Waals surface area contributed by atoms with Crippen molar-refractivity contribution in [3.63, 3.8) is 0 Å². The van der Waals surface area contributed by atoms with Crippen molar-refractivity contribution in [3.05, 3.63) is 91.0 Å². The fourth-order valence-electron chi connectivity index (χ4n) is 4.12. The zero-order chi connectivity index (χ0) is 19.4. The molecular formula is C24H29ClNP. The second kappa shape index (κ2) is 8.15. The van der Waals surface area contributed by atoms with E-state index in [4.69, 9.17) is 11.2 Å². The molecule has 0 heterocycles. The molecule has 0 spiro atoms. The van der Waals surface area contributed by atoms with Gasteiger partial charge in [0.15, 0.2) is 0 Å². The van der Waals surface area contributed by atoms with Gasteiger partial charge in [-0.25, -0.2) is 0 Å². The number of rotatable bonds is 7. The van der Waals surface area contributed by atoms with Gasteiger partial charge in [-0.1, -0.05) is 0 Å². The molecule has 142 valence electrons. The molecule has 1 N–H and O–H groups in total. The standard InChI is InChI=1S/C24H29ClNP/c1-20(2)26-21(3)19-27(25,22-13-7-4-8-14-22,23-15-9-5-10-16-23)24-17-11-6-12-18-24/h4-18,20-21,26H,19H2,1-3H3. The molecule has 0 aliphatic carbocycles. The Bertz CT molecular complexity index is 750. The third-order valence-electron chi connectivity index (χ3n) is 5.12. The number of benzene rings is 3. The first-order valence-electron chi connectivity index (χ1n) is 9.61. The normalized spacial score (nSPS) is 14.5. The molecule has 0 aliphatic rings. The second-order valence-corrected chi connectivity index (χ2v) is 14.1. The summed E-state index contributed by atoms with van der Waals surface area (Å²) in [6.07, 6.45) is 0.864. The van der Waals surface area contributed by atoms with Gasteiger partial charge in [0.05, 0.1) is 0 Å². The molecule has 3 rings (SSSR count). The van der Waals surface area contributed by atoms with E-state index in [1.807, 2.05) is 0 Å². The van der Waals surface area contributed by atoms with Crippen LogP contribution in [0.25, 0.3) is 0 Å². The van der Waals surface area contributed by atoms with Gasteiger partial charge in [-0.2, -0.15) is 0 Å². The summed E-state index contributed by atoms with van der Waals surface area (Å²) in [6, 6.07) is 32.7. The molecule has 27 heavy (non-hydrogen) atoms. The molecule has 1 unspecified atom stereocenters. The van der Waals surface area contributed by atoms with Crippen molar-refractivity contribution in [3.8, 4) is 0 Å². The van der Waals surface area contributed by atoms with Crippen molar-refractivity contribution in [1.82, 2.24) is 5.32 Å². The number of hydrogen-bond acceptors (Lipinski definition) is 1. The molecule has 3 heteroatoms. The molecule has 0 radical (unpaired) electrons. The fourth-order valence-corrected chi connectivity index (χ4v) is 10.8. The third kappa shape index (κ3) is 3.83. The van der Waals surface area contributed by atoms with Gasteiger partial charge in [0, 0.05) is 0 Å². The van der Waals surface area contributed by atoms with E-state index in [2.05, 4.69) is 117 Å². The van der Waals surface area contributed by atoms with Crippen LogP contribution in [0.2, 0.25) is 0 Å². The van der Waals surface area contributed by atoms with Crippen LogP contribution < -0.4 is 21.2 Å². The Hall–Kier alpha value is -1.66. The first-order valence-corrected chi connectivity index (χ1v) is 12.9. The number of halogens is 1. The van der Waals surface area contributed by atoms with Crippen LogP contribution >= 0.6 is 17.2 Å². The average Bonchev–Trinajstić information content (AvgIpc) is 2.69. The van der Waals surface area contributed by atoms with E-state index in [0.29, 0.717) is 6.04 Å². The summed E-state index contributed by atoms with van der Waals surface area (Å²) < 4.78 is 0. The van der Waals surface area contributed by atoms with E-state index >= 15 is 0 Å². The summed E-state index contributed by atoms with van der Waals surface area (Å²) in [6.45, 7) is 6.62. The minimum absolute atomic E-state index is 0.279. The summed E-state index contributed by atoms with van der Waals surface area (Å²) in [5, 5.41) is 7.35. The quantitative estimate of drug-likeness (QED) is 0.550. The second-order valence-electron chi connectivity index (χ2n) is 7.59. The van der Waals surface area contributed by atoms with Gasteiger partial charge in [0.25, 0.3) is 0 Å². The molecule has 1 nitrogen and oxygen atoms in total. The number of nitrogens with one attached hydrogen (secondary N) is 1. The fraction of sp³-hybridized carbons (Fsp3) is 0.250. The van der Waals surface area contributed by atoms with E-state index in [0.717, 1.165) is 6.16 Å². The Labute approximate surface area is 168 Å². The maximum atomic E-state index is 8.04. The molecule has 0 aliphatic heterocycles. The van der Waals surface area contributed by atoms with Crippen molar-refractivity contribution in [1.29, 1.82) is 0 Å². The van der Waals surface area contributed by atoms with Crippen LogP contribution in [0.5, 0.6) is 0 Å². The van der Waals surface area contributed by atoms with Crippen molar-refractivity contribution in [2.75, 3.05) is 6.16 Å². The van der Waals surface area contributed by atoms with Gasteiger partial charge in [-0.05, 0) is 0 Å². The van der Waals surface area contributed by atoms with Gasteiger partial charge in [0.1, 0.15) is 0 Å². The van der Waals surface area contributed by atoms with Crippen molar-refractivity contribution < 1.29 is 0 Å². The molecule has 0 fully saturated rings. The topological polar surface area (TPSA) is 12.0 Å².